The van der Waals surface area contributed by atoms with Gasteiger partial charge in [-0.05, 0) is 68.6 Å². The van der Waals surface area contributed by atoms with Crippen LogP contribution in [0.3, 0.4) is 0 Å². The minimum absolute atomic E-state index is 0.714. The van der Waals surface area contributed by atoms with E-state index in [4.69, 9.17) is 0 Å². The van der Waals surface area contributed by atoms with Crippen molar-refractivity contribution in [2.24, 2.45) is 10.8 Å². The van der Waals surface area contributed by atoms with Crippen LogP contribution in [0.4, 0.5) is 0 Å². The van der Waals surface area contributed by atoms with Gasteiger partial charge in [0.25, 0.3) is 0 Å². The molecule has 1 radical (unpaired) electrons. The van der Waals surface area contributed by atoms with E-state index in [2.05, 4.69) is 6.42 Å². The minimum Gasteiger partial charge on any atom is -0.0525 e. The Kier molecular flexibility index (Phi) is 2.57. The molecule has 0 nitrogen and oxygen atoms in total. The van der Waals surface area contributed by atoms with Gasteiger partial charge in [-0.15, -0.1) is 0 Å². The topological polar surface area (TPSA) is 0 Å². The van der Waals surface area contributed by atoms with Crippen LogP contribution in [0.15, 0.2) is 0 Å². The van der Waals surface area contributed by atoms with Gasteiger partial charge < -0.3 is 0 Å². The smallest absolute Gasteiger partial charge is 0.0266 e. The van der Waals surface area contributed by atoms with Crippen LogP contribution in [-0.2, 0) is 0 Å². The van der Waals surface area contributed by atoms with Gasteiger partial charge in [-0.2, -0.15) is 0 Å². The fraction of sp³-hybridized carbons (Fsp3) is 0.933. The van der Waals surface area contributed by atoms with Crippen molar-refractivity contribution in [3.05, 3.63) is 6.42 Å². The van der Waals surface area contributed by atoms with Gasteiger partial charge in [0.2, 0.25) is 0 Å². The fourth-order valence-corrected chi connectivity index (χ4v) is 4.48. The average Bonchev–Trinajstić information content (AvgIpc) is 2.58. The highest BCUT2D eigenvalue weighted by Crippen LogP contribution is 2.54. The molecule has 0 aliphatic heterocycles. The summed E-state index contributed by atoms with van der Waals surface area (Å²) in [6, 6.07) is 0. The zero-order valence-electron chi connectivity index (χ0n) is 10.1. The van der Waals surface area contributed by atoms with Crippen LogP contribution in [0.25, 0.3) is 0 Å². The molecule has 85 valence electrons. The van der Waals surface area contributed by atoms with Crippen LogP contribution in [0, 0.1) is 17.3 Å². The average molecular weight is 205 g/mol. The Labute approximate surface area is 94.8 Å². The van der Waals surface area contributed by atoms with Gasteiger partial charge in [0, 0.05) is 0 Å². The van der Waals surface area contributed by atoms with Crippen molar-refractivity contribution >= 4 is 0 Å². The molecule has 0 aromatic rings. The third-order valence-corrected chi connectivity index (χ3v) is 5.63. The summed E-state index contributed by atoms with van der Waals surface area (Å²) >= 11 is 0. The van der Waals surface area contributed by atoms with E-state index in [-0.39, 0.29) is 0 Å². The molecule has 0 heterocycles. The van der Waals surface area contributed by atoms with Gasteiger partial charge in [0.15, 0.2) is 0 Å². The van der Waals surface area contributed by atoms with Gasteiger partial charge in [0.1, 0.15) is 0 Å². The molecule has 3 rings (SSSR count). The highest BCUT2D eigenvalue weighted by atomic mass is 14.5. The Balaban J connectivity index is 1.61. The Morgan fingerprint density at radius 3 is 1.60 bits per heavy atom. The highest BCUT2D eigenvalue weighted by Gasteiger charge is 2.41. The molecule has 0 bridgehead atoms. The lowest BCUT2D eigenvalue weighted by atomic mass is 9.60. The summed E-state index contributed by atoms with van der Waals surface area (Å²) in [4.78, 5) is 0. The molecule has 0 atom stereocenters. The second-order valence-corrected chi connectivity index (χ2v) is 6.52. The van der Waals surface area contributed by atoms with E-state index in [9.17, 15) is 0 Å². The first-order valence-corrected chi connectivity index (χ1v) is 7.17. The van der Waals surface area contributed by atoms with Crippen molar-refractivity contribution in [3.8, 4) is 0 Å². The second kappa shape index (κ2) is 3.79. The molecule has 0 aromatic carbocycles. The molecule has 3 aliphatic carbocycles. The van der Waals surface area contributed by atoms with E-state index < -0.39 is 0 Å². The molecule has 3 saturated carbocycles. The molecule has 0 amide bonds. The summed E-state index contributed by atoms with van der Waals surface area (Å²) < 4.78 is 0. The molecule has 0 aromatic heterocycles. The molecule has 15 heavy (non-hydrogen) atoms. The molecule has 0 saturated heterocycles. The molecule has 0 heteroatoms. The molecule has 0 unspecified atom stereocenters. The van der Waals surface area contributed by atoms with Gasteiger partial charge in [-0.1, -0.05) is 25.7 Å². The predicted molar refractivity (Wildman–Crippen MR) is 64.6 cm³/mol. The van der Waals surface area contributed by atoms with Gasteiger partial charge >= 0.3 is 0 Å². The largest absolute Gasteiger partial charge is 0.0525 e. The number of hydrogen-bond acceptors (Lipinski definition) is 0. The predicted octanol–water partition coefficient (Wildman–Crippen LogP) is 4.89. The highest BCUT2D eigenvalue weighted by molar-refractivity contribution is 5.00. The molecular formula is C15H25. The van der Waals surface area contributed by atoms with Crippen molar-refractivity contribution in [2.75, 3.05) is 0 Å². The minimum atomic E-state index is 0.714. The van der Waals surface area contributed by atoms with Crippen molar-refractivity contribution in [2.45, 2.75) is 77.0 Å². The van der Waals surface area contributed by atoms with Crippen LogP contribution in [0.1, 0.15) is 77.0 Å². The quantitative estimate of drug-likeness (QED) is 0.528. The Morgan fingerprint density at radius 2 is 1.13 bits per heavy atom. The summed E-state index contributed by atoms with van der Waals surface area (Å²) in [6.07, 6.45) is 20.9. The van der Waals surface area contributed by atoms with E-state index in [0.717, 1.165) is 5.41 Å². The van der Waals surface area contributed by atoms with E-state index in [1.165, 1.54) is 51.4 Å². The maximum Gasteiger partial charge on any atom is -0.0266 e. The SMILES string of the molecule is [CH]1CCCC12CCCC1(CCC2)CCC1. The first-order chi connectivity index (χ1) is 7.33. The summed E-state index contributed by atoms with van der Waals surface area (Å²) in [5, 5.41) is 0. The third-order valence-electron chi connectivity index (χ3n) is 5.63. The normalized spacial score (nSPS) is 33.6. The van der Waals surface area contributed by atoms with Crippen molar-refractivity contribution in [1.82, 2.24) is 0 Å². The maximum atomic E-state index is 2.69. The molecule has 3 fully saturated rings. The number of rotatable bonds is 0. The first kappa shape index (κ1) is 10.2. The Bertz CT molecular complexity index is 204. The molecule has 3 aliphatic rings. The van der Waals surface area contributed by atoms with Gasteiger partial charge in [-0.3, -0.25) is 0 Å². The first-order valence-electron chi connectivity index (χ1n) is 7.17. The zero-order chi connectivity index (χ0) is 10.2. The van der Waals surface area contributed by atoms with E-state index in [0.29, 0.717) is 5.41 Å². The lowest BCUT2D eigenvalue weighted by Gasteiger charge is -2.45. The molecule has 0 N–H and O–H groups in total. The van der Waals surface area contributed by atoms with Crippen molar-refractivity contribution < 1.29 is 0 Å². The van der Waals surface area contributed by atoms with Crippen LogP contribution in [0.5, 0.6) is 0 Å². The lowest BCUT2D eigenvalue weighted by Crippen LogP contribution is -2.32. The van der Waals surface area contributed by atoms with Crippen LogP contribution in [-0.4, -0.2) is 0 Å². The monoisotopic (exact) mass is 205 g/mol. The van der Waals surface area contributed by atoms with Gasteiger partial charge in [0.05, 0.1) is 0 Å². The number of hydrogen-bond donors (Lipinski definition) is 0. The second-order valence-electron chi connectivity index (χ2n) is 6.52. The van der Waals surface area contributed by atoms with Gasteiger partial charge in [-0.25, -0.2) is 0 Å². The van der Waals surface area contributed by atoms with Crippen LogP contribution >= 0.6 is 0 Å². The molecular weight excluding hydrogens is 180 g/mol. The molecule has 2 spiro atoms. The van der Waals surface area contributed by atoms with Crippen molar-refractivity contribution in [1.29, 1.82) is 0 Å². The van der Waals surface area contributed by atoms with E-state index in [1.54, 1.807) is 25.7 Å². The third kappa shape index (κ3) is 1.85. The summed E-state index contributed by atoms with van der Waals surface area (Å²) in [5.41, 5.74) is 1.56. The summed E-state index contributed by atoms with van der Waals surface area (Å²) in [5.74, 6) is 0. The lowest BCUT2D eigenvalue weighted by molar-refractivity contribution is 0.0728. The Morgan fingerprint density at radius 1 is 0.600 bits per heavy atom. The zero-order valence-corrected chi connectivity index (χ0v) is 10.1. The maximum absolute atomic E-state index is 2.69. The summed E-state index contributed by atoms with van der Waals surface area (Å²) in [7, 11) is 0. The Hall–Kier alpha value is 0. The van der Waals surface area contributed by atoms with Crippen LogP contribution in [0.2, 0.25) is 0 Å². The van der Waals surface area contributed by atoms with Crippen LogP contribution < -0.4 is 0 Å². The van der Waals surface area contributed by atoms with E-state index >= 15 is 0 Å². The van der Waals surface area contributed by atoms with Crippen molar-refractivity contribution in [3.63, 3.8) is 0 Å². The van der Waals surface area contributed by atoms with E-state index in [1.807, 2.05) is 0 Å². The summed E-state index contributed by atoms with van der Waals surface area (Å²) in [6.45, 7) is 0. The fourth-order valence-electron chi connectivity index (χ4n) is 4.48. The standard InChI is InChI=1S/C15H25/c1-2-7-14(6-1)8-3-10-15(11-4-9-14)12-5-13-15/h6H,1-5,7-13H2.